The van der Waals surface area contributed by atoms with Crippen LogP contribution in [0, 0.1) is 10.1 Å². The molecular weight excluding hydrogens is 284 g/mol. The number of nitro benzene ring substituents is 1. The van der Waals surface area contributed by atoms with Gasteiger partial charge in [0.2, 0.25) is 10.0 Å². The van der Waals surface area contributed by atoms with Crippen LogP contribution in [0.4, 0.5) is 11.4 Å². The first kappa shape index (κ1) is 16.3. The number of benzene rings is 1. The van der Waals surface area contributed by atoms with E-state index in [-0.39, 0.29) is 22.3 Å². The number of rotatable bonds is 6. The third-order valence-electron chi connectivity index (χ3n) is 3.20. The summed E-state index contributed by atoms with van der Waals surface area (Å²) in [5, 5.41) is 10.8. The van der Waals surface area contributed by atoms with Gasteiger partial charge in [0.05, 0.1) is 10.6 Å². The molecule has 1 atom stereocenters. The van der Waals surface area contributed by atoms with Crippen LogP contribution in [0.2, 0.25) is 0 Å². The minimum absolute atomic E-state index is 0.116. The standard InChI is InChI=1S/C11H18N4O4S/c1-4-8(2)14(3)20(18,19)11-7-9(15(16)17)5-6-10(11)13-12/h5-8,13H,4,12H2,1-3H3. The Morgan fingerprint density at radius 3 is 2.55 bits per heavy atom. The van der Waals surface area contributed by atoms with Crippen molar-refractivity contribution in [3.8, 4) is 0 Å². The van der Waals surface area contributed by atoms with E-state index in [2.05, 4.69) is 5.43 Å². The van der Waals surface area contributed by atoms with Crippen molar-refractivity contribution in [1.29, 1.82) is 0 Å². The molecule has 0 aromatic heterocycles. The summed E-state index contributed by atoms with van der Waals surface area (Å²) in [6.45, 7) is 3.61. The Balaban J connectivity index is 3.42. The summed E-state index contributed by atoms with van der Waals surface area (Å²) in [6, 6.07) is 3.24. The molecule has 1 unspecified atom stereocenters. The lowest BCUT2D eigenvalue weighted by Gasteiger charge is -2.24. The van der Waals surface area contributed by atoms with Gasteiger partial charge in [-0.3, -0.25) is 16.0 Å². The molecule has 8 nitrogen and oxygen atoms in total. The molecule has 0 saturated heterocycles. The first-order valence-corrected chi connectivity index (χ1v) is 7.42. The van der Waals surface area contributed by atoms with E-state index in [0.717, 1.165) is 6.07 Å². The summed E-state index contributed by atoms with van der Waals surface area (Å²) in [5.41, 5.74) is 2.06. The average molecular weight is 302 g/mol. The van der Waals surface area contributed by atoms with E-state index in [1.165, 1.54) is 23.5 Å². The van der Waals surface area contributed by atoms with Gasteiger partial charge in [0.15, 0.2) is 0 Å². The molecular formula is C11H18N4O4S. The minimum atomic E-state index is -3.86. The second-order valence-corrected chi connectivity index (χ2v) is 6.33. The monoisotopic (exact) mass is 302 g/mol. The molecule has 1 aromatic carbocycles. The molecule has 0 aliphatic rings. The number of nitrogens with two attached hydrogens (primary N) is 1. The number of hydrazine groups is 1. The van der Waals surface area contributed by atoms with Gasteiger partial charge in [-0.2, -0.15) is 4.31 Å². The Hall–Kier alpha value is -1.71. The Labute approximate surface area is 117 Å². The second kappa shape index (κ2) is 6.16. The van der Waals surface area contributed by atoms with Crippen LogP contribution in [0.3, 0.4) is 0 Å². The van der Waals surface area contributed by atoms with Crippen LogP contribution in [-0.4, -0.2) is 30.7 Å². The molecule has 0 heterocycles. The molecule has 0 fully saturated rings. The Bertz CT molecular complexity index is 602. The molecule has 1 rings (SSSR count). The Kier molecular flexibility index (Phi) is 5.03. The van der Waals surface area contributed by atoms with Crippen LogP contribution >= 0.6 is 0 Å². The predicted octanol–water partition coefficient (Wildman–Crippen LogP) is 1.30. The fourth-order valence-corrected chi connectivity index (χ4v) is 3.21. The number of hydrogen-bond donors (Lipinski definition) is 2. The zero-order chi connectivity index (χ0) is 15.5. The Morgan fingerprint density at radius 1 is 1.50 bits per heavy atom. The van der Waals surface area contributed by atoms with Gasteiger partial charge < -0.3 is 5.43 Å². The predicted molar refractivity (Wildman–Crippen MR) is 75.6 cm³/mol. The van der Waals surface area contributed by atoms with E-state index in [9.17, 15) is 18.5 Å². The lowest BCUT2D eigenvalue weighted by Crippen LogP contribution is -2.35. The van der Waals surface area contributed by atoms with E-state index in [0.29, 0.717) is 6.42 Å². The molecule has 9 heteroatoms. The summed E-state index contributed by atoms with van der Waals surface area (Å²) >= 11 is 0. The molecule has 112 valence electrons. The van der Waals surface area contributed by atoms with Gasteiger partial charge in [0.25, 0.3) is 5.69 Å². The normalized spacial score (nSPS) is 13.2. The lowest BCUT2D eigenvalue weighted by atomic mass is 10.3. The summed E-state index contributed by atoms with van der Waals surface area (Å²) in [7, 11) is -2.43. The van der Waals surface area contributed by atoms with Crippen LogP contribution in [0.25, 0.3) is 0 Å². The number of non-ortho nitro benzene ring substituents is 1. The van der Waals surface area contributed by atoms with Crippen molar-refractivity contribution in [1.82, 2.24) is 4.31 Å². The second-order valence-electron chi connectivity index (χ2n) is 4.36. The van der Waals surface area contributed by atoms with Crippen LogP contribution < -0.4 is 11.3 Å². The van der Waals surface area contributed by atoms with Crippen LogP contribution in [0.1, 0.15) is 20.3 Å². The maximum absolute atomic E-state index is 12.5. The number of nitro groups is 1. The highest BCUT2D eigenvalue weighted by atomic mass is 32.2. The van der Waals surface area contributed by atoms with Crippen molar-refractivity contribution >= 4 is 21.4 Å². The molecule has 0 aliphatic carbocycles. The van der Waals surface area contributed by atoms with Crippen molar-refractivity contribution in [3.63, 3.8) is 0 Å². The molecule has 0 bridgehead atoms. The molecule has 1 aromatic rings. The maximum Gasteiger partial charge on any atom is 0.270 e. The van der Waals surface area contributed by atoms with Crippen LogP contribution in [0.5, 0.6) is 0 Å². The molecule has 0 radical (unpaired) electrons. The van der Waals surface area contributed by atoms with Crippen molar-refractivity contribution in [2.24, 2.45) is 5.84 Å². The van der Waals surface area contributed by atoms with E-state index in [1.807, 2.05) is 6.92 Å². The lowest BCUT2D eigenvalue weighted by molar-refractivity contribution is -0.385. The molecule has 3 N–H and O–H groups in total. The van der Waals surface area contributed by atoms with Gasteiger partial charge in [-0.05, 0) is 19.4 Å². The first-order valence-electron chi connectivity index (χ1n) is 5.98. The highest BCUT2D eigenvalue weighted by Gasteiger charge is 2.28. The number of nitrogens with one attached hydrogen (secondary N) is 1. The van der Waals surface area contributed by atoms with Crippen LogP contribution in [0.15, 0.2) is 23.1 Å². The summed E-state index contributed by atoms with van der Waals surface area (Å²) in [6.07, 6.45) is 0.621. The van der Waals surface area contributed by atoms with Gasteiger partial charge >= 0.3 is 0 Å². The van der Waals surface area contributed by atoms with Crippen molar-refractivity contribution in [3.05, 3.63) is 28.3 Å². The zero-order valence-electron chi connectivity index (χ0n) is 11.5. The number of anilines is 1. The smallest absolute Gasteiger partial charge is 0.270 e. The summed E-state index contributed by atoms with van der Waals surface area (Å²) in [5.74, 6) is 5.28. The SMILES string of the molecule is CCC(C)N(C)S(=O)(=O)c1cc([N+](=O)[O-])ccc1NN. The first-order chi connectivity index (χ1) is 9.25. The molecule has 20 heavy (non-hydrogen) atoms. The Morgan fingerprint density at radius 2 is 2.10 bits per heavy atom. The maximum atomic E-state index is 12.5. The van der Waals surface area contributed by atoms with E-state index < -0.39 is 14.9 Å². The number of nitrogens with zero attached hydrogens (tertiary/aromatic N) is 2. The summed E-state index contributed by atoms with van der Waals surface area (Å²) in [4.78, 5) is 9.92. The third kappa shape index (κ3) is 3.06. The average Bonchev–Trinajstić information content (AvgIpc) is 2.44. The number of sulfonamides is 1. The third-order valence-corrected chi connectivity index (χ3v) is 5.21. The van der Waals surface area contributed by atoms with Gasteiger partial charge in [0.1, 0.15) is 4.90 Å². The minimum Gasteiger partial charge on any atom is -0.323 e. The molecule has 0 aliphatic heterocycles. The summed E-state index contributed by atoms with van der Waals surface area (Å²) < 4.78 is 26.2. The fraction of sp³-hybridized carbons (Fsp3) is 0.455. The van der Waals surface area contributed by atoms with Gasteiger partial charge in [-0.15, -0.1) is 0 Å². The van der Waals surface area contributed by atoms with Crippen molar-refractivity contribution in [2.75, 3.05) is 12.5 Å². The molecule has 0 spiro atoms. The van der Waals surface area contributed by atoms with Gasteiger partial charge in [-0.1, -0.05) is 6.92 Å². The number of hydrogen-bond acceptors (Lipinski definition) is 6. The highest BCUT2D eigenvalue weighted by Crippen LogP contribution is 2.29. The topological polar surface area (TPSA) is 119 Å². The van der Waals surface area contributed by atoms with Crippen LogP contribution in [-0.2, 0) is 10.0 Å². The molecule has 0 saturated carbocycles. The van der Waals surface area contributed by atoms with Gasteiger partial charge in [-0.25, -0.2) is 8.42 Å². The molecule has 0 amide bonds. The van der Waals surface area contributed by atoms with E-state index in [1.54, 1.807) is 6.92 Å². The largest absolute Gasteiger partial charge is 0.323 e. The fourth-order valence-electron chi connectivity index (χ4n) is 1.61. The zero-order valence-corrected chi connectivity index (χ0v) is 12.3. The van der Waals surface area contributed by atoms with Gasteiger partial charge in [0, 0.05) is 25.2 Å². The highest BCUT2D eigenvalue weighted by molar-refractivity contribution is 7.89. The number of nitrogen functional groups attached to an aromatic ring is 1. The van der Waals surface area contributed by atoms with E-state index >= 15 is 0 Å². The van der Waals surface area contributed by atoms with Crippen molar-refractivity contribution < 1.29 is 13.3 Å². The van der Waals surface area contributed by atoms with E-state index in [4.69, 9.17) is 5.84 Å². The quantitative estimate of drug-likeness (QED) is 0.464. The van der Waals surface area contributed by atoms with Crippen molar-refractivity contribution in [2.45, 2.75) is 31.2 Å².